The molecular weight excluding hydrogens is 272 g/mol. The Morgan fingerprint density at radius 3 is 2.70 bits per heavy atom. The fourth-order valence-corrected chi connectivity index (χ4v) is 2.47. The van der Waals surface area contributed by atoms with Gasteiger partial charge in [-0.3, -0.25) is 4.79 Å². The molecule has 0 fully saturated rings. The Kier molecular flexibility index (Phi) is 5.26. The van der Waals surface area contributed by atoms with E-state index in [1.165, 1.54) is 0 Å². The number of aliphatic hydroxyl groups excluding tert-OH is 1. The molecule has 0 saturated heterocycles. The summed E-state index contributed by atoms with van der Waals surface area (Å²) < 4.78 is 0. The van der Waals surface area contributed by atoms with Crippen molar-refractivity contribution in [2.24, 2.45) is 0 Å². The van der Waals surface area contributed by atoms with E-state index in [2.05, 4.69) is 10.3 Å². The van der Waals surface area contributed by atoms with Crippen LogP contribution in [0.4, 0.5) is 0 Å². The molecule has 1 heterocycles. The van der Waals surface area contributed by atoms with Crippen LogP contribution in [0.5, 0.6) is 0 Å². The molecule has 0 bridgehead atoms. The first-order valence-electron chi connectivity index (χ1n) is 6.58. The van der Waals surface area contributed by atoms with Gasteiger partial charge < -0.3 is 10.4 Å². The number of nitrogens with zero attached hydrogens (tertiary/aromatic N) is 1. The number of aliphatic hydroxyl groups is 1. The second-order valence-corrected chi connectivity index (χ2v) is 5.61. The smallest absolute Gasteiger partial charge is 0.224 e. The summed E-state index contributed by atoms with van der Waals surface area (Å²) in [5, 5.41) is 14.5. The number of aromatic nitrogens is 1. The van der Waals surface area contributed by atoms with Crippen molar-refractivity contribution in [3.63, 3.8) is 0 Å². The summed E-state index contributed by atoms with van der Waals surface area (Å²) in [6.45, 7) is 2.60. The largest absolute Gasteiger partial charge is 0.396 e. The molecule has 2 aromatic rings. The zero-order valence-corrected chi connectivity index (χ0v) is 12.2. The van der Waals surface area contributed by atoms with Gasteiger partial charge >= 0.3 is 0 Å². The number of carbonyl (C=O) groups is 1. The topological polar surface area (TPSA) is 62.2 Å². The molecule has 4 nitrogen and oxygen atoms in total. The molecule has 1 aromatic heterocycles. The van der Waals surface area contributed by atoms with Crippen molar-refractivity contribution in [2.45, 2.75) is 19.8 Å². The number of benzene rings is 1. The summed E-state index contributed by atoms with van der Waals surface area (Å²) in [7, 11) is 0. The summed E-state index contributed by atoms with van der Waals surface area (Å²) >= 11 is 1.63. The minimum absolute atomic E-state index is 0.0179. The second-order valence-electron chi connectivity index (χ2n) is 4.55. The van der Waals surface area contributed by atoms with E-state index in [0.717, 1.165) is 21.8 Å². The van der Waals surface area contributed by atoms with Crippen LogP contribution in [0.2, 0.25) is 0 Å². The summed E-state index contributed by atoms with van der Waals surface area (Å²) in [6.07, 6.45) is 0.954. The van der Waals surface area contributed by atoms with E-state index < -0.39 is 0 Å². The highest BCUT2D eigenvalue weighted by atomic mass is 32.1. The predicted octanol–water partition coefficient (Wildman–Crippen LogP) is 2.16. The molecule has 0 aliphatic heterocycles. The van der Waals surface area contributed by atoms with Crippen LogP contribution in [0.15, 0.2) is 29.6 Å². The van der Waals surface area contributed by atoms with Crippen molar-refractivity contribution >= 4 is 17.2 Å². The molecule has 0 radical (unpaired) electrons. The van der Waals surface area contributed by atoms with Crippen molar-refractivity contribution in [3.05, 3.63) is 40.2 Å². The third kappa shape index (κ3) is 4.15. The lowest BCUT2D eigenvalue weighted by Crippen LogP contribution is -2.26. The SMILES string of the molecule is Cc1nc(-c2ccc(CC(=O)NCCCO)cc2)cs1. The average molecular weight is 290 g/mol. The van der Waals surface area contributed by atoms with Crippen LogP contribution >= 0.6 is 11.3 Å². The average Bonchev–Trinajstić information content (AvgIpc) is 2.86. The lowest BCUT2D eigenvalue weighted by atomic mass is 10.1. The van der Waals surface area contributed by atoms with Gasteiger partial charge in [-0.25, -0.2) is 4.98 Å². The Morgan fingerprint density at radius 1 is 1.35 bits per heavy atom. The number of aryl methyl sites for hydroxylation is 1. The fourth-order valence-electron chi connectivity index (χ4n) is 1.84. The number of carbonyl (C=O) groups excluding carboxylic acids is 1. The summed E-state index contributed by atoms with van der Waals surface area (Å²) in [5.41, 5.74) is 3.02. The molecule has 0 unspecified atom stereocenters. The Balaban J connectivity index is 1.93. The van der Waals surface area contributed by atoms with E-state index in [-0.39, 0.29) is 12.5 Å². The first-order valence-corrected chi connectivity index (χ1v) is 7.46. The molecule has 5 heteroatoms. The molecule has 0 atom stereocenters. The Morgan fingerprint density at radius 2 is 2.10 bits per heavy atom. The van der Waals surface area contributed by atoms with Crippen molar-refractivity contribution in [3.8, 4) is 11.3 Å². The van der Waals surface area contributed by atoms with Crippen LogP contribution in [0, 0.1) is 6.92 Å². The molecule has 106 valence electrons. The van der Waals surface area contributed by atoms with Gasteiger partial charge in [-0.1, -0.05) is 24.3 Å². The molecule has 0 spiro atoms. The number of nitrogens with one attached hydrogen (secondary N) is 1. The normalized spacial score (nSPS) is 10.5. The van der Waals surface area contributed by atoms with E-state index in [9.17, 15) is 4.79 Å². The van der Waals surface area contributed by atoms with Crippen molar-refractivity contribution < 1.29 is 9.90 Å². The van der Waals surface area contributed by atoms with Crippen LogP contribution in [-0.2, 0) is 11.2 Å². The van der Waals surface area contributed by atoms with Gasteiger partial charge in [0.15, 0.2) is 0 Å². The van der Waals surface area contributed by atoms with Crippen LogP contribution in [-0.4, -0.2) is 29.1 Å². The summed E-state index contributed by atoms with van der Waals surface area (Å²) in [4.78, 5) is 16.1. The lowest BCUT2D eigenvalue weighted by Gasteiger charge is -2.05. The Hall–Kier alpha value is -1.72. The molecule has 20 heavy (non-hydrogen) atoms. The van der Waals surface area contributed by atoms with Crippen LogP contribution in [0.3, 0.4) is 0 Å². The Bertz CT molecular complexity index is 564. The third-order valence-corrected chi connectivity index (χ3v) is 3.66. The van der Waals surface area contributed by atoms with Gasteiger partial charge in [0.25, 0.3) is 0 Å². The predicted molar refractivity (Wildman–Crippen MR) is 80.7 cm³/mol. The maximum Gasteiger partial charge on any atom is 0.224 e. The number of thiazole rings is 1. The maximum absolute atomic E-state index is 11.6. The minimum Gasteiger partial charge on any atom is -0.396 e. The second kappa shape index (κ2) is 7.17. The van der Waals surface area contributed by atoms with Gasteiger partial charge in [0.1, 0.15) is 0 Å². The third-order valence-electron chi connectivity index (χ3n) is 2.89. The molecule has 0 aliphatic rings. The highest BCUT2D eigenvalue weighted by Gasteiger charge is 2.05. The standard InChI is InChI=1S/C15H18N2O2S/c1-11-17-14(10-20-11)13-5-3-12(4-6-13)9-15(19)16-7-2-8-18/h3-6,10,18H,2,7-9H2,1H3,(H,16,19). The zero-order chi connectivity index (χ0) is 14.4. The summed E-state index contributed by atoms with van der Waals surface area (Å²) in [5.74, 6) is -0.0179. The van der Waals surface area contributed by atoms with Gasteiger partial charge in [0.05, 0.1) is 17.1 Å². The van der Waals surface area contributed by atoms with E-state index in [0.29, 0.717) is 19.4 Å². The number of amides is 1. The molecule has 0 aliphatic carbocycles. The quantitative estimate of drug-likeness (QED) is 0.801. The number of rotatable bonds is 6. The Labute approximate surface area is 122 Å². The van der Waals surface area contributed by atoms with Crippen molar-refractivity contribution in [1.29, 1.82) is 0 Å². The summed E-state index contributed by atoms with van der Waals surface area (Å²) in [6, 6.07) is 7.89. The molecule has 1 aromatic carbocycles. The first kappa shape index (κ1) is 14.7. The van der Waals surface area contributed by atoms with E-state index in [4.69, 9.17) is 5.11 Å². The van der Waals surface area contributed by atoms with Crippen molar-refractivity contribution in [2.75, 3.05) is 13.2 Å². The minimum atomic E-state index is -0.0179. The van der Waals surface area contributed by atoms with Gasteiger partial charge in [-0.15, -0.1) is 11.3 Å². The zero-order valence-electron chi connectivity index (χ0n) is 11.4. The van der Waals surface area contributed by atoms with Crippen LogP contribution in [0.1, 0.15) is 17.0 Å². The van der Waals surface area contributed by atoms with Gasteiger partial charge in [0.2, 0.25) is 5.91 Å². The van der Waals surface area contributed by atoms with Gasteiger partial charge in [0, 0.05) is 24.1 Å². The maximum atomic E-state index is 11.6. The van der Waals surface area contributed by atoms with E-state index >= 15 is 0 Å². The van der Waals surface area contributed by atoms with E-state index in [1.807, 2.05) is 36.6 Å². The molecule has 2 rings (SSSR count). The molecule has 1 amide bonds. The van der Waals surface area contributed by atoms with Gasteiger partial charge in [-0.2, -0.15) is 0 Å². The number of hydrogen-bond donors (Lipinski definition) is 2. The van der Waals surface area contributed by atoms with Crippen LogP contribution < -0.4 is 5.32 Å². The molecule has 2 N–H and O–H groups in total. The molecular formula is C15H18N2O2S. The monoisotopic (exact) mass is 290 g/mol. The van der Waals surface area contributed by atoms with Gasteiger partial charge in [-0.05, 0) is 18.9 Å². The highest BCUT2D eigenvalue weighted by molar-refractivity contribution is 7.09. The van der Waals surface area contributed by atoms with Crippen molar-refractivity contribution in [1.82, 2.24) is 10.3 Å². The molecule has 0 saturated carbocycles. The first-order chi connectivity index (χ1) is 9.69. The lowest BCUT2D eigenvalue weighted by molar-refractivity contribution is -0.120. The number of hydrogen-bond acceptors (Lipinski definition) is 4. The fraction of sp³-hybridized carbons (Fsp3) is 0.333. The highest BCUT2D eigenvalue weighted by Crippen LogP contribution is 2.21. The van der Waals surface area contributed by atoms with E-state index in [1.54, 1.807) is 11.3 Å². The van der Waals surface area contributed by atoms with Crippen LogP contribution in [0.25, 0.3) is 11.3 Å².